The minimum atomic E-state index is 0.667. The van der Waals surface area contributed by atoms with Crippen LogP contribution in [0.5, 0.6) is 0 Å². The molecule has 2 aromatic carbocycles. The first kappa shape index (κ1) is 24.1. The number of hydrogen-bond donors (Lipinski definition) is 0. The summed E-state index contributed by atoms with van der Waals surface area (Å²) in [5.74, 6) is 2.17. The Morgan fingerprint density at radius 1 is 0.879 bits per heavy atom. The minimum absolute atomic E-state index is 0.667. The van der Waals surface area contributed by atoms with Crippen molar-refractivity contribution in [1.29, 1.82) is 0 Å². The fourth-order valence-electron chi connectivity index (χ4n) is 6.30. The molecule has 2 aliphatic rings. The molecule has 0 aromatic heterocycles. The van der Waals surface area contributed by atoms with Gasteiger partial charge in [-0.15, -0.1) is 0 Å². The zero-order valence-corrected chi connectivity index (χ0v) is 21.4. The van der Waals surface area contributed by atoms with Crippen LogP contribution in [-0.4, -0.2) is 6.54 Å². The molecule has 0 spiro atoms. The number of anilines is 1. The average Bonchev–Trinajstić information content (AvgIpc) is 2.87. The second-order valence-electron chi connectivity index (χ2n) is 10.7. The maximum absolute atomic E-state index is 4.69. The van der Waals surface area contributed by atoms with E-state index in [1.165, 1.54) is 85.9 Å². The monoisotopic (exact) mass is 443 g/mol. The third kappa shape index (κ3) is 5.92. The Bertz CT molecular complexity index is 912. The number of benzene rings is 2. The van der Waals surface area contributed by atoms with Gasteiger partial charge in [0.05, 0.1) is 0 Å². The van der Waals surface area contributed by atoms with Gasteiger partial charge in [-0.3, -0.25) is 0 Å². The lowest BCUT2D eigenvalue weighted by Gasteiger charge is -2.38. The Morgan fingerprint density at radius 2 is 1.64 bits per heavy atom. The highest BCUT2D eigenvalue weighted by Crippen LogP contribution is 2.39. The Morgan fingerprint density at radius 3 is 2.30 bits per heavy atom. The van der Waals surface area contributed by atoms with E-state index < -0.39 is 0 Å². The van der Waals surface area contributed by atoms with Crippen LogP contribution < -0.4 is 4.90 Å². The van der Waals surface area contributed by atoms with Crippen molar-refractivity contribution in [2.24, 2.45) is 11.8 Å². The number of rotatable bonds is 8. The highest BCUT2D eigenvalue weighted by Gasteiger charge is 2.28. The summed E-state index contributed by atoms with van der Waals surface area (Å²) in [7, 11) is 0. The van der Waals surface area contributed by atoms with Gasteiger partial charge in [-0.2, -0.15) is 0 Å². The van der Waals surface area contributed by atoms with Gasteiger partial charge < -0.3 is 4.90 Å². The molecule has 0 heterocycles. The fraction of sp³-hybridized carbons (Fsp3) is 0.562. The molecule has 0 atom stereocenters. The first-order chi connectivity index (χ1) is 16.1. The van der Waals surface area contributed by atoms with E-state index >= 15 is 0 Å². The molecule has 0 N–H and O–H groups in total. The minimum Gasteiger partial charge on any atom is -0.345 e. The number of nitrogens with zero attached hydrogens (tertiary/aromatic N) is 1. The molecule has 2 aromatic rings. The van der Waals surface area contributed by atoms with E-state index in [1.54, 1.807) is 5.56 Å². The first-order valence-corrected chi connectivity index (χ1v) is 13.7. The third-order valence-electron chi connectivity index (χ3n) is 8.56. The van der Waals surface area contributed by atoms with Crippen molar-refractivity contribution in [3.8, 4) is 0 Å². The van der Waals surface area contributed by atoms with Gasteiger partial charge in [0.1, 0.15) is 0 Å². The summed E-state index contributed by atoms with van der Waals surface area (Å²) in [5.41, 5.74) is 8.74. The Balaban J connectivity index is 1.45. The molecule has 1 nitrogen and oxygen atoms in total. The quantitative estimate of drug-likeness (QED) is 0.393. The van der Waals surface area contributed by atoms with Crippen molar-refractivity contribution < 1.29 is 0 Å². The molecule has 0 amide bonds. The molecule has 33 heavy (non-hydrogen) atoms. The first-order valence-electron chi connectivity index (χ1n) is 13.7. The van der Waals surface area contributed by atoms with Gasteiger partial charge in [-0.05, 0) is 110 Å². The largest absolute Gasteiger partial charge is 0.345 e. The van der Waals surface area contributed by atoms with Gasteiger partial charge in [0.15, 0.2) is 0 Å². The smallest absolute Gasteiger partial charge is 0.0410 e. The van der Waals surface area contributed by atoms with Crippen LogP contribution in [0.25, 0.3) is 0 Å². The van der Waals surface area contributed by atoms with E-state index in [2.05, 4.69) is 68.1 Å². The van der Waals surface area contributed by atoms with Crippen molar-refractivity contribution in [2.75, 3.05) is 11.4 Å². The van der Waals surface area contributed by atoms with Crippen LogP contribution in [-0.2, 0) is 12.8 Å². The Hall–Kier alpha value is -2.02. The summed E-state index contributed by atoms with van der Waals surface area (Å²) < 4.78 is 0. The summed E-state index contributed by atoms with van der Waals surface area (Å²) >= 11 is 0. The molecule has 0 radical (unpaired) electrons. The van der Waals surface area contributed by atoms with E-state index in [9.17, 15) is 0 Å². The van der Waals surface area contributed by atoms with Crippen LogP contribution in [0, 0.1) is 18.8 Å². The summed E-state index contributed by atoms with van der Waals surface area (Å²) in [6, 6.07) is 16.5. The molecule has 0 saturated heterocycles. The molecule has 0 unspecified atom stereocenters. The average molecular weight is 444 g/mol. The van der Waals surface area contributed by atoms with E-state index in [0.717, 1.165) is 31.2 Å². The van der Waals surface area contributed by atoms with Gasteiger partial charge in [-0.1, -0.05) is 70.0 Å². The van der Waals surface area contributed by atoms with E-state index in [4.69, 9.17) is 6.58 Å². The van der Waals surface area contributed by atoms with Crippen LogP contribution in [0.2, 0.25) is 0 Å². The molecular formula is C32H45N. The van der Waals surface area contributed by atoms with Crippen molar-refractivity contribution in [3.05, 3.63) is 77.0 Å². The highest BCUT2D eigenvalue weighted by molar-refractivity contribution is 5.54. The zero-order valence-electron chi connectivity index (χ0n) is 21.4. The van der Waals surface area contributed by atoms with E-state index in [-0.39, 0.29) is 0 Å². The SMILES string of the molecule is C=C(C1CCCCC1)N(CC1CCC(c2ccc(CC)c(C)c2)CC1)c1cccc(CC)c1. The van der Waals surface area contributed by atoms with Crippen molar-refractivity contribution in [1.82, 2.24) is 0 Å². The lowest BCUT2D eigenvalue weighted by Crippen LogP contribution is -2.34. The molecule has 2 aliphatic carbocycles. The van der Waals surface area contributed by atoms with Gasteiger partial charge in [-0.25, -0.2) is 0 Å². The van der Waals surface area contributed by atoms with Crippen LogP contribution in [0.4, 0.5) is 5.69 Å². The highest BCUT2D eigenvalue weighted by atomic mass is 15.1. The maximum atomic E-state index is 4.69. The topological polar surface area (TPSA) is 3.24 Å². The number of hydrogen-bond acceptors (Lipinski definition) is 1. The van der Waals surface area contributed by atoms with Crippen LogP contribution in [0.1, 0.15) is 99.8 Å². The maximum Gasteiger partial charge on any atom is 0.0410 e. The molecule has 0 bridgehead atoms. The summed E-state index contributed by atoms with van der Waals surface area (Å²) in [6.07, 6.45) is 14.3. The summed E-state index contributed by atoms with van der Waals surface area (Å²) in [4.78, 5) is 2.63. The number of allylic oxidation sites excluding steroid dienone is 1. The van der Waals surface area contributed by atoms with Gasteiger partial charge >= 0.3 is 0 Å². The van der Waals surface area contributed by atoms with Crippen molar-refractivity contribution in [2.45, 2.75) is 97.3 Å². The van der Waals surface area contributed by atoms with Crippen molar-refractivity contribution >= 4 is 5.69 Å². The van der Waals surface area contributed by atoms with Crippen LogP contribution in [0.3, 0.4) is 0 Å². The summed E-state index contributed by atoms with van der Waals surface area (Å²) in [6.45, 7) is 12.6. The van der Waals surface area contributed by atoms with E-state index in [0.29, 0.717) is 5.92 Å². The molecule has 0 aliphatic heterocycles. The second-order valence-corrected chi connectivity index (χ2v) is 10.7. The molecule has 2 fully saturated rings. The summed E-state index contributed by atoms with van der Waals surface area (Å²) in [5, 5.41) is 0. The predicted molar refractivity (Wildman–Crippen MR) is 144 cm³/mol. The third-order valence-corrected chi connectivity index (χ3v) is 8.56. The Labute approximate surface area is 203 Å². The molecule has 2 saturated carbocycles. The molecule has 1 heteroatoms. The standard InChI is InChI=1S/C32H45N/c1-5-26-11-10-14-32(22-26)33(25(4)29-12-8-7-9-13-29)23-27-15-17-30(18-16-27)31-20-19-28(6-2)24(3)21-31/h10-11,14,19-22,27,29-30H,4-9,12-13,15-18,23H2,1-3H3. The fourth-order valence-corrected chi connectivity index (χ4v) is 6.30. The second kappa shape index (κ2) is 11.4. The van der Waals surface area contributed by atoms with Crippen LogP contribution >= 0.6 is 0 Å². The molecule has 178 valence electrons. The lowest BCUT2D eigenvalue weighted by atomic mass is 9.77. The normalized spacial score (nSPS) is 21.7. The van der Waals surface area contributed by atoms with Crippen LogP contribution in [0.15, 0.2) is 54.7 Å². The molecule has 4 rings (SSSR count). The lowest BCUT2D eigenvalue weighted by molar-refractivity contribution is 0.323. The van der Waals surface area contributed by atoms with Gasteiger partial charge in [0, 0.05) is 17.9 Å². The zero-order chi connectivity index (χ0) is 23.2. The molecular weight excluding hydrogens is 398 g/mol. The van der Waals surface area contributed by atoms with Gasteiger partial charge in [0.2, 0.25) is 0 Å². The predicted octanol–water partition coefficient (Wildman–Crippen LogP) is 8.99. The van der Waals surface area contributed by atoms with Crippen molar-refractivity contribution in [3.63, 3.8) is 0 Å². The van der Waals surface area contributed by atoms with Gasteiger partial charge in [0.25, 0.3) is 0 Å². The number of aryl methyl sites for hydroxylation is 3. The Kier molecular flexibility index (Phi) is 8.34. The van der Waals surface area contributed by atoms with E-state index in [1.807, 2.05) is 0 Å².